The van der Waals surface area contributed by atoms with Crippen LogP contribution in [-0.2, 0) is 30.1 Å². The molecule has 0 heterocycles. The van der Waals surface area contributed by atoms with Gasteiger partial charge in [-0.05, 0) is 84.5 Å². The summed E-state index contributed by atoms with van der Waals surface area (Å²) >= 11 is 0. The first-order chi connectivity index (χ1) is 17.5. The van der Waals surface area contributed by atoms with Crippen molar-refractivity contribution in [2.75, 3.05) is 26.4 Å². The summed E-state index contributed by atoms with van der Waals surface area (Å²) in [7, 11) is 0. The zero-order valence-electron chi connectivity index (χ0n) is 23.2. The fourth-order valence-electron chi connectivity index (χ4n) is 5.19. The summed E-state index contributed by atoms with van der Waals surface area (Å²) in [4.78, 5) is 0. The van der Waals surface area contributed by atoms with Gasteiger partial charge in [0, 0.05) is 44.0 Å². The first kappa shape index (κ1) is 31.1. The van der Waals surface area contributed by atoms with E-state index in [1.165, 1.54) is 0 Å². The van der Waals surface area contributed by atoms with Crippen LogP contribution in [0.2, 0.25) is 0 Å². The first-order valence-electron chi connectivity index (χ1n) is 13.6. The maximum Gasteiger partial charge on any atom is 0.122 e. The monoisotopic (exact) mass is 516 g/mol. The van der Waals surface area contributed by atoms with E-state index in [9.17, 15) is 30.6 Å². The standard InChI is InChI=1S/C31H48O6/c1-30(2,11-7-15-34)26-19-22(9-5-13-32)17-24(28(26)36)21-25-18-23(10-6-14-33)20-27(29(25)37)31(3,4)12-8-16-35/h17-20,32-37H,5-16,21H2,1-4H3. The van der Waals surface area contributed by atoms with Crippen molar-refractivity contribution in [2.24, 2.45) is 0 Å². The molecule has 6 heteroatoms. The number of aliphatic hydroxyl groups excluding tert-OH is 4. The van der Waals surface area contributed by atoms with E-state index < -0.39 is 0 Å². The van der Waals surface area contributed by atoms with Gasteiger partial charge in [0.2, 0.25) is 0 Å². The Morgan fingerprint density at radius 2 is 0.892 bits per heavy atom. The lowest BCUT2D eigenvalue weighted by Crippen LogP contribution is -2.20. The highest BCUT2D eigenvalue weighted by atomic mass is 16.3. The minimum Gasteiger partial charge on any atom is -0.507 e. The molecule has 0 unspecified atom stereocenters. The zero-order chi connectivity index (χ0) is 27.6. The summed E-state index contributed by atoms with van der Waals surface area (Å²) in [5, 5.41) is 60.4. The zero-order valence-corrected chi connectivity index (χ0v) is 23.2. The molecule has 0 atom stereocenters. The molecule has 6 nitrogen and oxygen atoms in total. The van der Waals surface area contributed by atoms with Gasteiger partial charge in [-0.2, -0.15) is 0 Å². The van der Waals surface area contributed by atoms with E-state index in [2.05, 4.69) is 27.7 Å². The Morgan fingerprint density at radius 3 is 1.22 bits per heavy atom. The molecule has 0 fully saturated rings. The number of phenolic OH excluding ortho intramolecular Hbond substituents is 2. The molecule has 0 bridgehead atoms. The van der Waals surface area contributed by atoms with E-state index in [1.807, 2.05) is 24.3 Å². The van der Waals surface area contributed by atoms with Gasteiger partial charge < -0.3 is 30.6 Å². The molecule has 0 spiro atoms. The second-order valence-electron chi connectivity index (χ2n) is 11.6. The van der Waals surface area contributed by atoms with Crippen LogP contribution in [0.25, 0.3) is 0 Å². The molecule has 2 rings (SSSR count). The molecule has 0 aliphatic rings. The number of hydrogen-bond donors (Lipinski definition) is 6. The Bertz CT molecular complexity index is 916. The Kier molecular flexibility index (Phi) is 11.9. The van der Waals surface area contributed by atoms with Crippen molar-refractivity contribution in [2.45, 2.75) is 96.3 Å². The normalized spacial score (nSPS) is 12.3. The predicted molar refractivity (Wildman–Crippen MR) is 149 cm³/mol. The van der Waals surface area contributed by atoms with Crippen molar-refractivity contribution in [3.8, 4) is 11.5 Å². The van der Waals surface area contributed by atoms with E-state index in [1.54, 1.807) is 0 Å². The fraction of sp³-hybridized carbons (Fsp3) is 0.613. The van der Waals surface area contributed by atoms with Crippen LogP contribution >= 0.6 is 0 Å². The highest BCUT2D eigenvalue weighted by Gasteiger charge is 2.28. The van der Waals surface area contributed by atoms with Gasteiger partial charge in [-0.3, -0.25) is 0 Å². The second kappa shape index (κ2) is 14.1. The van der Waals surface area contributed by atoms with Gasteiger partial charge in [0.15, 0.2) is 0 Å². The van der Waals surface area contributed by atoms with Crippen LogP contribution in [0.4, 0.5) is 0 Å². The quantitative estimate of drug-likeness (QED) is 0.193. The molecular formula is C31H48O6. The number of aryl methyl sites for hydroxylation is 2. The Hall–Kier alpha value is -2.12. The molecule has 0 aliphatic heterocycles. The SMILES string of the molecule is CC(C)(CCCO)c1cc(CCCO)cc(Cc2cc(CCCO)cc(C(C)(C)CCCO)c2O)c1O. The van der Waals surface area contributed by atoms with Crippen LogP contribution in [-0.4, -0.2) is 57.1 Å². The van der Waals surface area contributed by atoms with Crippen molar-refractivity contribution in [3.63, 3.8) is 0 Å². The molecule has 0 aliphatic carbocycles. The summed E-state index contributed by atoms with van der Waals surface area (Å²) in [6.45, 7) is 8.59. The first-order valence-corrected chi connectivity index (χ1v) is 13.6. The van der Waals surface area contributed by atoms with Gasteiger partial charge in [-0.15, -0.1) is 0 Å². The predicted octanol–water partition coefficient (Wildman–Crippen LogP) is 4.64. The number of aliphatic hydroxyl groups is 4. The Morgan fingerprint density at radius 1 is 0.541 bits per heavy atom. The van der Waals surface area contributed by atoms with Gasteiger partial charge >= 0.3 is 0 Å². The smallest absolute Gasteiger partial charge is 0.122 e. The molecule has 6 N–H and O–H groups in total. The maximum absolute atomic E-state index is 11.4. The van der Waals surface area contributed by atoms with Crippen LogP contribution in [0.3, 0.4) is 0 Å². The van der Waals surface area contributed by atoms with Crippen LogP contribution in [0.1, 0.15) is 99.6 Å². The van der Waals surface area contributed by atoms with Crippen molar-refractivity contribution in [3.05, 3.63) is 57.6 Å². The maximum atomic E-state index is 11.4. The highest BCUT2D eigenvalue weighted by Crippen LogP contribution is 2.42. The fourth-order valence-corrected chi connectivity index (χ4v) is 5.19. The minimum absolute atomic E-state index is 0.0828. The van der Waals surface area contributed by atoms with Gasteiger partial charge in [0.25, 0.3) is 0 Å². The lowest BCUT2D eigenvalue weighted by molar-refractivity contribution is 0.267. The van der Waals surface area contributed by atoms with Crippen molar-refractivity contribution in [1.29, 1.82) is 0 Å². The second-order valence-corrected chi connectivity index (χ2v) is 11.6. The van der Waals surface area contributed by atoms with Crippen molar-refractivity contribution in [1.82, 2.24) is 0 Å². The van der Waals surface area contributed by atoms with Crippen LogP contribution in [0.5, 0.6) is 11.5 Å². The molecule has 2 aromatic carbocycles. The largest absolute Gasteiger partial charge is 0.507 e. The van der Waals surface area contributed by atoms with E-state index in [0.717, 1.165) is 33.4 Å². The minimum atomic E-state index is -0.362. The molecular weight excluding hydrogens is 468 g/mol. The van der Waals surface area contributed by atoms with Crippen molar-refractivity contribution >= 4 is 0 Å². The van der Waals surface area contributed by atoms with E-state index in [4.69, 9.17) is 0 Å². The van der Waals surface area contributed by atoms with Crippen LogP contribution in [0.15, 0.2) is 24.3 Å². The van der Waals surface area contributed by atoms with Crippen LogP contribution < -0.4 is 0 Å². The summed E-state index contributed by atoms with van der Waals surface area (Å²) in [6.07, 6.45) is 5.60. The Labute approximate surface area is 222 Å². The summed E-state index contributed by atoms with van der Waals surface area (Å²) in [6, 6.07) is 7.94. The van der Waals surface area contributed by atoms with Gasteiger partial charge in [0.1, 0.15) is 11.5 Å². The van der Waals surface area contributed by atoms with Gasteiger partial charge in [0.05, 0.1) is 0 Å². The third-order valence-electron chi connectivity index (χ3n) is 7.50. The average Bonchev–Trinajstić information content (AvgIpc) is 2.86. The average molecular weight is 517 g/mol. The summed E-state index contributed by atoms with van der Waals surface area (Å²) in [5.41, 5.74) is 4.38. The van der Waals surface area contributed by atoms with E-state index >= 15 is 0 Å². The summed E-state index contributed by atoms with van der Waals surface area (Å²) < 4.78 is 0. The molecule has 37 heavy (non-hydrogen) atoms. The number of aromatic hydroxyl groups is 2. The molecule has 0 saturated heterocycles. The third kappa shape index (κ3) is 8.44. The van der Waals surface area contributed by atoms with E-state index in [-0.39, 0.29) is 48.8 Å². The topological polar surface area (TPSA) is 121 Å². The molecule has 208 valence electrons. The lowest BCUT2D eigenvalue weighted by atomic mass is 9.76. The van der Waals surface area contributed by atoms with Gasteiger partial charge in [-0.25, -0.2) is 0 Å². The molecule has 2 aromatic rings. The van der Waals surface area contributed by atoms with Crippen molar-refractivity contribution < 1.29 is 30.6 Å². The molecule has 0 aromatic heterocycles. The van der Waals surface area contributed by atoms with Crippen LogP contribution in [0, 0.1) is 0 Å². The molecule has 0 radical (unpaired) electrons. The Balaban J connectivity index is 2.63. The number of benzene rings is 2. The van der Waals surface area contributed by atoms with E-state index in [0.29, 0.717) is 57.8 Å². The lowest BCUT2D eigenvalue weighted by Gasteiger charge is -2.29. The molecule has 0 saturated carbocycles. The highest BCUT2D eigenvalue weighted by molar-refractivity contribution is 5.53. The number of rotatable bonds is 16. The third-order valence-corrected chi connectivity index (χ3v) is 7.50. The number of hydrogen-bond acceptors (Lipinski definition) is 6. The summed E-state index contributed by atoms with van der Waals surface area (Å²) in [5.74, 6) is 0.411. The van der Waals surface area contributed by atoms with Gasteiger partial charge in [-0.1, -0.05) is 52.0 Å². The molecule has 0 amide bonds. The number of phenols is 2.